The van der Waals surface area contributed by atoms with Crippen molar-refractivity contribution >= 4 is 22.7 Å². The van der Waals surface area contributed by atoms with Gasteiger partial charge in [0, 0.05) is 41.4 Å². The number of pyridine rings is 2. The molecule has 126 valence electrons. The number of ketones is 1. The molecule has 0 bridgehead atoms. The van der Waals surface area contributed by atoms with Gasteiger partial charge < -0.3 is 4.74 Å². The van der Waals surface area contributed by atoms with Gasteiger partial charge in [0.1, 0.15) is 0 Å². The molecule has 1 atom stereocenters. The Hall–Kier alpha value is -3.08. The Morgan fingerprint density at radius 1 is 0.960 bits per heavy atom. The molecule has 0 spiro atoms. The Labute approximate surface area is 145 Å². The first kappa shape index (κ1) is 16.8. The number of hydrogen-bond acceptors (Lipinski definition) is 5. The van der Waals surface area contributed by atoms with Gasteiger partial charge in [-0.05, 0) is 24.3 Å². The second-order valence-corrected chi connectivity index (χ2v) is 5.74. The van der Waals surface area contributed by atoms with Gasteiger partial charge >= 0.3 is 5.97 Å². The van der Waals surface area contributed by atoms with Crippen LogP contribution in [0.3, 0.4) is 0 Å². The highest BCUT2D eigenvalue weighted by Gasteiger charge is 2.23. The average molecular weight is 334 g/mol. The number of para-hydroxylation sites is 1. The van der Waals surface area contributed by atoms with Crippen molar-refractivity contribution in [1.82, 2.24) is 9.97 Å². The predicted octanol–water partition coefficient (Wildman–Crippen LogP) is 3.55. The summed E-state index contributed by atoms with van der Waals surface area (Å²) in [5, 5.41) is 0.913. The molecular formula is C20H18N2O3. The van der Waals surface area contributed by atoms with E-state index in [1.807, 2.05) is 36.4 Å². The van der Waals surface area contributed by atoms with Gasteiger partial charge in [0.25, 0.3) is 0 Å². The molecule has 0 aliphatic rings. The van der Waals surface area contributed by atoms with E-state index in [9.17, 15) is 9.59 Å². The Morgan fingerprint density at radius 3 is 2.52 bits per heavy atom. The molecule has 0 saturated carbocycles. The number of carbonyl (C=O) groups is 2. The zero-order valence-corrected chi connectivity index (χ0v) is 13.9. The van der Waals surface area contributed by atoms with Crippen LogP contribution in [0.25, 0.3) is 10.9 Å². The SMILES string of the molecule is COC(=O)CC(CC(=O)c1cccc2cccnc12)c1ccccn1. The van der Waals surface area contributed by atoms with Crippen molar-refractivity contribution in [1.29, 1.82) is 0 Å². The third kappa shape index (κ3) is 3.88. The van der Waals surface area contributed by atoms with E-state index in [-0.39, 0.29) is 30.5 Å². The van der Waals surface area contributed by atoms with E-state index in [4.69, 9.17) is 4.74 Å². The second-order valence-electron chi connectivity index (χ2n) is 5.74. The number of carbonyl (C=O) groups excluding carboxylic acids is 2. The van der Waals surface area contributed by atoms with Crippen LogP contribution in [0, 0.1) is 0 Å². The van der Waals surface area contributed by atoms with Gasteiger partial charge in [-0.2, -0.15) is 0 Å². The van der Waals surface area contributed by atoms with Crippen LogP contribution < -0.4 is 0 Å². The lowest BCUT2D eigenvalue weighted by atomic mass is 9.91. The Balaban J connectivity index is 1.90. The lowest BCUT2D eigenvalue weighted by Crippen LogP contribution is -2.14. The molecule has 0 fully saturated rings. The van der Waals surface area contributed by atoms with Crippen molar-refractivity contribution < 1.29 is 14.3 Å². The summed E-state index contributed by atoms with van der Waals surface area (Å²) in [7, 11) is 1.34. The molecule has 0 aliphatic carbocycles. The van der Waals surface area contributed by atoms with Crippen molar-refractivity contribution in [3.8, 4) is 0 Å². The summed E-state index contributed by atoms with van der Waals surface area (Å²) in [5.74, 6) is -0.761. The highest BCUT2D eigenvalue weighted by molar-refractivity contribution is 6.06. The van der Waals surface area contributed by atoms with Crippen molar-refractivity contribution in [2.24, 2.45) is 0 Å². The normalized spacial score (nSPS) is 11.9. The molecule has 0 amide bonds. The van der Waals surface area contributed by atoms with Crippen LogP contribution in [0.5, 0.6) is 0 Å². The zero-order valence-electron chi connectivity index (χ0n) is 13.9. The summed E-state index contributed by atoms with van der Waals surface area (Å²) in [5.41, 5.74) is 1.94. The fourth-order valence-corrected chi connectivity index (χ4v) is 2.85. The van der Waals surface area contributed by atoms with Crippen LogP contribution in [-0.4, -0.2) is 28.8 Å². The Bertz CT molecular complexity index is 888. The van der Waals surface area contributed by atoms with Crippen LogP contribution in [0.4, 0.5) is 0 Å². The molecule has 3 rings (SSSR count). The van der Waals surface area contributed by atoms with E-state index >= 15 is 0 Å². The van der Waals surface area contributed by atoms with Crippen molar-refractivity contribution in [3.05, 3.63) is 72.2 Å². The minimum Gasteiger partial charge on any atom is -0.469 e. The summed E-state index contributed by atoms with van der Waals surface area (Å²) >= 11 is 0. The number of nitrogens with zero attached hydrogens (tertiary/aromatic N) is 2. The van der Waals surface area contributed by atoms with Gasteiger partial charge in [-0.3, -0.25) is 19.6 Å². The van der Waals surface area contributed by atoms with Gasteiger partial charge in [0.05, 0.1) is 19.0 Å². The van der Waals surface area contributed by atoms with E-state index in [1.165, 1.54) is 7.11 Å². The molecule has 0 aliphatic heterocycles. The molecular weight excluding hydrogens is 316 g/mol. The van der Waals surface area contributed by atoms with E-state index in [2.05, 4.69) is 9.97 Å². The third-order valence-electron chi connectivity index (χ3n) is 4.11. The fraction of sp³-hybridized carbons (Fsp3) is 0.200. The van der Waals surface area contributed by atoms with Crippen LogP contribution >= 0.6 is 0 Å². The van der Waals surface area contributed by atoms with Gasteiger partial charge in [-0.15, -0.1) is 0 Å². The number of ether oxygens (including phenoxy) is 1. The summed E-state index contributed by atoms with van der Waals surface area (Å²) in [4.78, 5) is 33.3. The minimum atomic E-state index is -0.362. The molecule has 0 saturated heterocycles. The van der Waals surface area contributed by atoms with Gasteiger partial charge in [0.15, 0.2) is 5.78 Å². The second kappa shape index (κ2) is 7.66. The van der Waals surface area contributed by atoms with E-state index < -0.39 is 0 Å². The van der Waals surface area contributed by atoms with Crippen molar-refractivity contribution in [3.63, 3.8) is 0 Å². The van der Waals surface area contributed by atoms with Crippen molar-refractivity contribution in [2.45, 2.75) is 18.8 Å². The lowest BCUT2D eigenvalue weighted by molar-refractivity contribution is -0.141. The largest absolute Gasteiger partial charge is 0.469 e. The van der Waals surface area contributed by atoms with Crippen LogP contribution in [0.15, 0.2) is 60.9 Å². The molecule has 25 heavy (non-hydrogen) atoms. The molecule has 2 heterocycles. The van der Waals surface area contributed by atoms with E-state index in [0.29, 0.717) is 16.8 Å². The number of hydrogen-bond donors (Lipinski definition) is 0. The lowest BCUT2D eigenvalue weighted by Gasteiger charge is -2.15. The maximum Gasteiger partial charge on any atom is 0.306 e. The summed E-state index contributed by atoms with van der Waals surface area (Å²) in [6, 6.07) is 14.8. The van der Waals surface area contributed by atoms with Crippen LogP contribution in [0.1, 0.15) is 34.8 Å². The van der Waals surface area contributed by atoms with Crippen molar-refractivity contribution in [2.75, 3.05) is 7.11 Å². The third-order valence-corrected chi connectivity index (χ3v) is 4.11. The highest BCUT2D eigenvalue weighted by Crippen LogP contribution is 2.26. The Kier molecular flexibility index (Phi) is 5.14. The van der Waals surface area contributed by atoms with Crippen LogP contribution in [-0.2, 0) is 9.53 Å². The standard InChI is InChI=1S/C20H18N2O3/c1-25-19(24)13-15(17-9-2-3-10-21-17)12-18(23)16-8-4-6-14-7-5-11-22-20(14)16/h2-11,15H,12-13H2,1H3. The first-order valence-corrected chi connectivity index (χ1v) is 8.03. The molecule has 0 radical (unpaired) electrons. The number of rotatable bonds is 6. The topological polar surface area (TPSA) is 69.2 Å². The monoisotopic (exact) mass is 334 g/mol. The molecule has 5 nitrogen and oxygen atoms in total. The number of benzene rings is 1. The number of fused-ring (bicyclic) bond motifs is 1. The average Bonchev–Trinajstić information content (AvgIpc) is 2.67. The smallest absolute Gasteiger partial charge is 0.306 e. The van der Waals surface area contributed by atoms with E-state index in [1.54, 1.807) is 24.5 Å². The molecule has 1 aromatic carbocycles. The number of methoxy groups -OCH3 is 1. The van der Waals surface area contributed by atoms with Gasteiger partial charge in [-0.1, -0.05) is 24.3 Å². The van der Waals surface area contributed by atoms with Gasteiger partial charge in [0.2, 0.25) is 0 Å². The first-order chi connectivity index (χ1) is 12.2. The molecule has 0 N–H and O–H groups in total. The minimum absolute atomic E-state index is 0.0659. The number of Topliss-reactive ketones (excluding diaryl/α,β-unsaturated/α-hetero) is 1. The van der Waals surface area contributed by atoms with E-state index in [0.717, 1.165) is 5.39 Å². The summed E-state index contributed by atoms with van der Waals surface area (Å²) < 4.78 is 4.77. The maximum absolute atomic E-state index is 12.9. The number of aromatic nitrogens is 2. The molecule has 5 heteroatoms. The van der Waals surface area contributed by atoms with Crippen LogP contribution in [0.2, 0.25) is 0 Å². The molecule has 3 aromatic rings. The number of esters is 1. The quantitative estimate of drug-likeness (QED) is 0.509. The predicted molar refractivity (Wildman–Crippen MR) is 94.3 cm³/mol. The molecule has 2 aromatic heterocycles. The van der Waals surface area contributed by atoms with Gasteiger partial charge in [-0.25, -0.2) is 0 Å². The maximum atomic E-state index is 12.9. The Morgan fingerprint density at radius 2 is 1.76 bits per heavy atom. The zero-order chi connectivity index (χ0) is 17.6. The summed E-state index contributed by atoms with van der Waals surface area (Å²) in [6.45, 7) is 0. The summed E-state index contributed by atoms with van der Waals surface area (Å²) in [6.07, 6.45) is 3.60. The molecule has 1 unspecified atom stereocenters. The highest BCUT2D eigenvalue weighted by atomic mass is 16.5. The first-order valence-electron chi connectivity index (χ1n) is 8.03. The fourth-order valence-electron chi connectivity index (χ4n) is 2.85.